The number of pyridine rings is 1. The third-order valence-electron chi connectivity index (χ3n) is 4.62. The van der Waals surface area contributed by atoms with Crippen molar-refractivity contribution in [2.24, 2.45) is 0 Å². The van der Waals surface area contributed by atoms with Crippen LogP contribution in [0.5, 0.6) is 0 Å². The minimum absolute atomic E-state index is 0.167. The van der Waals surface area contributed by atoms with Crippen LogP contribution in [0.25, 0.3) is 10.9 Å². The number of fused-ring (bicyclic) bond motifs is 1. The van der Waals surface area contributed by atoms with Crippen molar-refractivity contribution in [2.75, 3.05) is 31.6 Å². The monoisotopic (exact) mass is 397 g/mol. The number of hydrogen-bond donors (Lipinski definition) is 1. The molecular formula is C20H19N3O4S. The number of amides is 1. The molecule has 4 rings (SSSR count). The summed E-state index contributed by atoms with van der Waals surface area (Å²) in [6.07, 6.45) is 1.70. The summed E-state index contributed by atoms with van der Waals surface area (Å²) in [5.41, 5.74) is 1.81. The molecule has 0 aliphatic carbocycles. The summed E-state index contributed by atoms with van der Waals surface area (Å²) in [7, 11) is -3.58. The molecule has 0 saturated carbocycles. The van der Waals surface area contributed by atoms with Crippen LogP contribution in [0.3, 0.4) is 0 Å². The third-order valence-corrected chi connectivity index (χ3v) is 6.53. The van der Waals surface area contributed by atoms with Gasteiger partial charge in [-0.3, -0.25) is 9.78 Å². The summed E-state index contributed by atoms with van der Waals surface area (Å²) in [5, 5.41) is 3.71. The molecule has 0 spiro atoms. The maximum Gasteiger partial charge on any atom is 0.255 e. The van der Waals surface area contributed by atoms with Crippen molar-refractivity contribution in [1.82, 2.24) is 9.29 Å². The number of hydrogen-bond acceptors (Lipinski definition) is 5. The van der Waals surface area contributed by atoms with E-state index >= 15 is 0 Å². The van der Waals surface area contributed by atoms with Crippen LogP contribution in [0, 0.1) is 0 Å². The normalized spacial score (nSPS) is 15.4. The van der Waals surface area contributed by atoms with Crippen LogP contribution in [0.1, 0.15) is 10.4 Å². The standard InChI is InChI=1S/C20H19N3O4S/c24-20(22-19-5-1-4-18-17(19)3-2-10-21-18)15-6-8-16(9-7-15)28(25,26)23-11-13-27-14-12-23/h1-10H,11-14H2,(H,22,24). The molecule has 2 heterocycles. The van der Waals surface area contributed by atoms with Crippen LogP contribution in [0.15, 0.2) is 65.7 Å². The van der Waals surface area contributed by atoms with Crippen LogP contribution >= 0.6 is 0 Å². The van der Waals surface area contributed by atoms with Crippen LogP contribution in [-0.2, 0) is 14.8 Å². The number of nitrogens with zero attached hydrogens (tertiary/aromatic N) is 2. The van der Waals surface area contributed by atoms with Crippen molar-refractivity contribution < 1.29 is 17.9 Å². The molecule has 2 aromatic carbocycles. The molecular weight excluding hydrogens is 378 g/mol. The SMILES string of the molecule is O=C(Nc1cccc2ncccc12)c1ccc(S(=O)(=O)N2CCOCC2)cc1. The highest BCUT2D eigenvalue weighted by Gasteiger charge is 2.26. The Morgan fingerprint density at radius 2 is 1.75 bits per heavy atom. The molecule has 1 saturated heterocycles. The summed E-state index contributed by atoms with van der Waals surface area (Å²) in [4.78, 5) is 17.1. The summed E-state index contributed by atoms with van der Waals surface area (Å²) in [6.45, 7) is 1.44. The van der Waals surface area contributed by atoms with E-state index in [2.05, 4.69) is 10.3 Å². The Bertz CT molecular complexity index is 1100. The third kappa shape index (κ3) is 3.62. The van der Waals surface area contributed by atoms with E-state index in [4.69, 9.17) is 4.74 Å². The van der Waals surface area contributed by atoms with Gasteiger partial charge in [0.05, 0.1) is 29.3 Å². The van der Waals surface area contributed by atoms with E-state index in [1.807, 2.05) is 24.3 Å². The summed E-state index contributed by atoms with van der Waals surface area (Å²) in [6, 6.07) is 15.2. The maximum absolute atomic E-state index is 12.7. The van der Waals surface area contributed by atoms with Gasteiger partial charge in [-0.25, -0.2) is 8.42 Å². The van der Waals surface area contributed by atoms with Crippen molar-refractivity contribution in [3.8, 4) is 0 Å². The van der Waals surface area contributed by atoms with E-state index in [1.54, 1.807) is 12.3 Å². The van der Waals surface area contributed by atoms with Gasteiger partial charge in [-0.15, -0.1) is 0 Å². The molecule has 8 heteroatoms. The summed E-state index contributed by atoms with van der Waals surface area (Å²) in [5.74, 6) is -0.313. The molecule has 144 valence electrons. The number of anilines is 1. The predicted octanol–water partition coefficient (Wildman–Crippen LogP) is 2.51. The number of nitrogens with one attached hydrogen (secondary N) is 1. The van der Waals surface area contributed by atoms with Crippen molar-refractivity contribution in [2.45, 2.75) is 4.90 Å². The van der Waals surface area contributed by atoms with Crippen molar-refractivity contribution in [3.05, 3.63) is 66.4 Å². The quantitative estimate of drug-likeness (QED) is 0.731. The minimum atomic E-state index is -3.58. The molecule has 0 bridgehead atoms. The van der Waals surface area contributed by atoms with E-state index in [-0.39, 0.29) is 10.8 Å². The van der Waals surface area contributed by atoms with E-state index in [9.17, 15) is 13.2 Å². The van der Waals surface area contributed by atoms with Gasteiger partial charge in [-0.2, -0.15) is 4.31 Å². The topological polar surface area (TPSA) is 88.6 Å². The van der Waals surface area contributed by atoms with E-state index in [1.165, 1.54) is 28.6 Å². The highest BCUT2D eigenvalue weighted by molar-refractivity contribution is 7.89. The number of morpholine rings is 1. The van der Waals surface area contributed by atoms with Gasteiger partial charge >= 0.3 is 0 Å². The first-order valence-corrected chi connectivity index (χ1v) is 10.3. The Hall–Kier alpha value is -2.81. The van der Waals surface area contributed by atoms with Crippen molar-refractivity contribution >= 4 is 32.5 Å². The van der Waals surface area contributed by atoms with Crippen LogP contribution in [0.4, 0.5) is 5.69 Å². The van der Waals surface area contributed by atoms with Gasteiger partial charge in [0.2, 0.25) is 10.0 Å². The lowest BCUT2D eigenvalue weighted by molar-refractivity contribution is 0.0730. The van der Waals surface area contributed by atoms with E-state index in [0.717, 1.165) is 10.9 Å². The van der Waals surface area contributed by atoms with Gasteiger partial charge in [-0.05, 0) is 48.5 Å². The fourth-order valence-electron chi connectivity index (χ4n) is 3.12. The molecule has 1 N–H and O–H groups in total. The van der Waals surface area contributed by atoms with Gasteiger partial charge in [0.15, 0.2) is 0 Å². The number of carbonyl (C=O) groups is 1. The average molecular weight is 397 g/mol. The first-order chi connectivity index (χ1) is 13.6. The number of sulfonamides is 1. The van der Waals surface area contributed by atoms with Gasteiger partial charge < -0.3 is 10.1 Å². The second kappa shape index (κ2) is 7.67. The summed E-state index contributed by atoms with van der Waals surface area (Å²) < 4.78 is 31.9. The molecule has 7 nitrogen and oxygen atoms in total. The number of aromatic nitrogens is 1. The lowest BCUT2D eigenvalue weighted by Gasteiger charge is -2.26. The van der Waals surface area contributed by atoms with Gasteiger partial charge in [0, 0.05) is 30.2 Å². The van der Waals surface area contributed by atoms with E-state index in [0.29, 0.717) is 37.6 Å². The minimum Gasteiger partial charge on any atom is -0.379 e. The molecule has 28 heavy (non-hydrogen) atoms. The lowest BCUT2D eigenvalue weighted by atomic mass is 10.1. The second-order valence-electron chi connectivity index (χ2n) is 6.37. The zero-order valence-corrected chi connectivity index (χ0v) is 15.9. The Labute approximate surface area is 163 Å². The molecule has 0 unspecified atom stereocenters. The molecule has 1 fully saturated rings. The van der Waals surface area contributed by atoms with Gasteiger partial charge in [0.25, 0.3) is 5.91 Å². The second-order valence-corrected chi connectivity index (χ2v) is 8.31. The van der Waals surface area contributed by atoms with Gasteiger partial charge in [0.1, 0.15) is 0 Å². The molecule has 1 aliphatic rings. The Morgan fingerprint density at radius 3 is 2.50 bits per heavy atom. The summed E-state index contributed by atoms with van der Waals surface area (Å²) >= 11 is 0. The van der Waals surface area contributed by atoms with Crippen LogP contribution < -0.4 is 5.32 Å². The van der Waals surface area contributed by atoms with Crippen LogP contribution in [-0.4, -0.2) is 49.9 Å². The van der Waals surface area contributed by atoms with Gasteiger partial charge in [-0.1, -0.05) is 6.07 Å². The first-order valence-electron chi connectivity index (χ1n) is 8.89. The zero-order valence-electron chi connectivity index (χ0n) is 15.0. The molecule has 1 amide bonds. The van der Waals surface area contributed by atoms with Crippen molar-refractivity contribution in [1.29, 1.82) is 0 Å². The number of carbonyl (C=O) groups excluding carboxylic acids is 1. The smallest absolute Gasteiger partial charge is 0.255 e. The predicted molar refractivity (Wildman–Crippen MR) is 106 cm³/mol. The molecule has 0 radical (unpaired) electrons. The fraction of sp³-hybridized carbons (Fsp3) is 0.200. The Balaban J connectivity index is 1.54. The fourth-order valence-corrected chi connectivity index (χ4v) is 4.53. The maximum atomic E-state index is 12.7. The lowest BCUT2D eigenvalue weighted by Crippen LogP contribution is -2.40. The number of benzene rings is 2. The average Bonchev–Trinajstić information content (AvgIpc) is 2.75. The zero-order chi connectivity index (χ0) is 19.6. The molecule has 1 aromatic heterocycles. The highest BCUT2D eigenvalue weighted by Crippen LogP contribution is 2.23. The number of rotatable bonds is 4. The first kappa shape index (κ1) is 18.5. The number of ether oxygens (including phenoxy) is 1. The Kier molecular flexibility index (Phi) is 5.08. The molecule has 3 aromatic rings. The molecule has 0 atom stereocenters. The van der Waals surface area contributed by atoms with Crippen LogP contribution in [0.2, 0.25) is 0 Å². The highest BCUT2D eigenvalue weighted by atomic mass is 32.2. The van der Waals surface area contributed by atoms with Crippen molar-refractivity contribution in [3.63, 3.8) is 0 Å². The Morgan fingerprint density at radius 1 is 1.00 bits per heavy atom. The molecule has 1 aliphatic heterocycles. The van der Waals surface area contributed by atoms with E-state index < -0.39 is 10.0 Å². The largest absolute Gasteiger partial charge is 0.379 e.